The van der Waals surface area contributed by atoms with Crippen LogP contribution in [0.2, 0.25) is 0 Å². The minimum absolute atomic E-state index is 0.0590. The quantitative estimate of drug-likeness (QED) is 0.870. The van der Waals surface area contributed by atoms with Crippen molar-refractivity contribution in [1.29, 1.82) is 0 Å². The first kappa shape index (κ1) is 13.9. The van der Waals surface area contributed by atoms with Crippen molar-refractivity contribution < 1.29 is 9.53 Å². The van der Waals surface area contributed by atoms with E-state index in [0.717, 1.165) is 21.0 Å². The maximum atomic E-state index is 12.4. The van der Waals surface area contributed by atoms with Crippen molar-refractivity contribution in [2.75, 3.05) is 12.3 Å². The maximum Gasteiger partial charge on any atom is 0.263 e. The second kappa shape index (κ2) is 5.35. The summed E-state index contributed by atoms with van der Waals surface area (Å²) in [5.74, 6) is -0.109. The summed E-state index contributed by atoms with van der Waals surface area (Å²) < 4.78 is 7.45. The molecular formula is C14H15BrN2O2S. The number of carbonyl (C=O) groups excluding carboxylic acids is 1. The van der Waals surface area contributed by atoms with E-state index >= 15 is 0 Å². The van der Waals surface area contributed by atoms with Gasteiger partial charge in [0.25, 0.3) is 5.91 Å². The first-order valence-corrected chi connectivity index (χ1v) is 8.07. The summed E-state index contributed by atoms with van der Waals surface area (Å²) in [5, 5.41) is 3.95. The molecule has 6 heteroatoms. The van der Waals surface area contributed by atoms with E-state index in [2.05, 4.69) is 21.2 Å². The number of hydrogen-bond donors (Lipinski definition) is 2. The molecule has 0 spiro atoms. The average molecular weight is 355 g/mol. The van der Waals surface area contributed by atoms with Gasteiger partial charge in [-0.1, -0.05) is 22.0 Å². The number of carbonyl (C=O) groups is 1. The molecule has 1 aliphatic rings. The van der Waals surface area contributed by atoms with Crippen LogP contribution >= 0.6 is 27.3 Å². The number of fused-ring (bicyclic) bond motifs is 1. The van der Waals surface area contributed by atoms with E-state index in [-0.39, 0.29) is 18.1 Å². The molecule has 1 aliphatic heterocycles. The van der Waals surface area contributed by atoms with Crippen molar-refractivity contribution in [2.45, 2.75) is 25.5 Å². The van der Waals surface area contributed by atoms with Crippen LogP contribution < -0.4 is 11.1 Å². The number of benzene rings is 1. The summed E-state index contributed by atoms with van der Waals surface area (Å²) in [7, 11) is 0. The van der Waals surface area contributed by atoms with Crippen molar-refractivity contribution in [1.82, 2.24) is 5.32 Å². The third kappa shape index (κ3) is 2.43. The fourth-order valence-corrected chi connectivity index (χ4v) is 3.99. The third-order valence-electron chi connectivity index (χ3n) is 3.59. The predicted octanol–water partition coefficient (Wildman–Crippen LogP) is 3.15. The Labute approximate surface area is 129 Å². The lowest BCUT2D eigenvalue weighted by Gasteiger charge is -2.15. The molecular weight excluding hydrogens is 340 g/mol. The molecule has 1 fully saturated rings. The molecule has 4 nitrogen and oxygen atoms in total. The SMILES string of the molecule is CC1OCCC1NC(=O)c1sc2cc(Br)ccc2c1N. The predicted molar refractivity (Wildman–Crippen MR) is 85.2 cm³/mol. The highest BCUT2D eigenvalue weighted by atomic mass is 79.9. The number of halogens is 1. The van der Waals surface area contributed by atoms with Gasteiger partial charge in [0.1, 0.15) is 4.88 Å². The Morgan fingerprint density at radius 1 is 1.55 bits per heavy atom. The fourth-order valence-electron chi connectivity index (χ4n) is 2.41. The number of ether oxygens (including phenoxy) is 1. The summed E-state index contributed by atoms with van der Waals surface area (Å²) in [5.41, 5.74) is 6.66. The van der Waals surface area contributed by atoms with E-state index in [1.807, 2.05) is 25.1 Å². The van der Waals surface area contributed by atoms with Gasteiger partial charge in [0.2, 0.25) is 0 Å². The van der Waals surface area contributed by atoms with Crippen LogP contribution in [0.25, 0.3) is 10.1 Å². The highest BCUT2D eigenvalue weighted by molar-refractivity contribution is 9.10. The minimum Gasteiger partial charge on any atom is -0.397 e. The Morgan fingerprint density at radius 2 is 2.35 bits per heavy atom. The van der Waals surface area contributed by atoms with E-state index in [4.69, 9.17) is 10.5 Å². The molecule has 1 aromatic carbocycles. The first-order valence-electron chi connectivity index (χ1n) is 6.46. The fraction of sp³-hybridized carbons (Fsp3) is 0.357. The van der Waals surface area contributed by atoms with Crippen LogP contribution in [0.1, 0.15) is 23.0 Å². The van der Waals surface area contributed by atoms with Gasteiger partial charge < -0.3 is 15.8 Å². The lowest BCUT2D eigenvalue weighted by atomic mass is 10.1. The lowest BCUT2D eigenvalue weighted by molar-refractivity contribution is 0.0870. The summed E-state index contributed by atoms with van der Waals surface area (Å²) in [4.78, 5) is 13.0. The van der Waals surface area contributed by atoms with Crippen LogP contribution in [0.5, 0.6) is 0 Å². The molecule has 2 unspecified atom stereocenters. The lowest BCUT2D eigenvalue weighted by Crippen LogP contribution is -2.39. The van der Waals surface area contributed by atoms with Crippen molar-refractivity contribution in [2.24, 2.45) is 0 Å². The summed E-state index contributed by atoms with van der Waals surface area (Å²) >= 11 is 4.85. The molecule has 0 radical (unpaired) electrons. The topological polar surface area (TPSA) is 64.3 Å². The van der Waals surface area contributed by atoms with Gasteiger partial charge in [-0.3, -0.25) is 4.79 Å². The van der Waals surface area contributed by atoms with Crippen LogP contribution in [0.4, 0.5) is 5.69 Å². The number of nitrogens with one attached hydrogen (secondary N) is 1. The molecule has 1 amide bonds. The monoisotopic (exact) mass is 354 g/mol. The van der Waals surface area contributed by atoms with Crippen molar-refractivity contribution in [3.8, 4) is 0 Å². The molecule has 1 aromatic heterocycles. The summed E-state index contributed by atoms with van der Waals surface area (Å²) in [6.07, 6.45) is 0.909. The minimum atomic E-state index is -0.109. The van der Waals surface area contributed by atoms with Crippen molar-refractivity contribution in [3.05, 3.63) is 27.5 Å². The first-order chi connectivity index (χ1) is 9.56. The number of amides is 1. The number of thiophene rings is 1. The number of anilines is 1. The van der Waals surface area contributed by atoms with E-state index in [9.17, 15) is 4.79 Å². The van der Waals surface area contributed by atoms with Gasteiger partial charge >= 0.3 is 0 Å². The van der Waals surface area contributed by atoms with Gasteiger partial charge in [-0.2, -0.15) is 0 Å². The van der Waals surface area contributed by atoms with Crippen LogP contribution in [-0.4, -0.2) is 24.7 Å². The highest BCUT2D eigenvalue weighted by Gasteiger charge is 2.27. The molecule has 0 bridgehead atoms. The van der Waals surface area contributed by atoms with Gasteiger partial charge in [-0.15, -0.1) is 11.3 Å². The molecule has 0 aliphatic carbocycles. The van der Waals surface area contributed by atoms with Crippen LogP contribution in [0, 0.1) is 0 Å². The summed E-state index contributed by atoms with van der Waals surface area (Å²) in [6, 6.07) is 5.91. The Balaban J connectivity index is 1.89. The maximum absolute atomic E-state index is 12.4. The molecule has 2 heterocycles. The van der Waals surface area contributed by atoms with Gasteiger partial charge in [0.05, 0.1) is 17.8 Å². The number of nitrogen functional groups attached to an aromatic ring is 1. The third-order valence-corrected chi connectivity index (χ3v) is 5.25. The van der Waals surface area contributed by atoms with E-state index < -0.39 is 0 Å². The summed E-state index contributed by atoms with van der Waals surface area (Å²) in [6.45, 7) is 2.67. The zero-order valence-corrected chi connectivity index (χ0v) is 13.4. The molecule has 3 rings (SSSR count). The van der Waals surface area contributed by atoms with E-state index in [0.29, 0.717) is 17.2 Å². The smallest absolute Gasteiger partial charge is 0.263 e. The standard InChI is InChI=1S/C14H15BrN2O2S/c1-7-10(4-5-19-7)17-14(18)13-12(16)9-3-2-8(15)6-11(9)20-13/h2-3,6-7,10H,4-5,16H2,1H3,(H,17,18). The molecule has 1 saturated heterocycles. The average Bonchev–Trinajstić information content (AvgIpc) is 2.94. The van der Waals surface area contributed by atoms with Crippen LogP contribution in [0.15, 0.2) is 22.7 Å². The molecule has 106 valence electrons. The van der Waals surface area contributed by atoms with Gasteiger partial charge in [0, 0.05) is 21.2 Å². The molecule has 2 aromatic rings. The molecule has 2 atom stereocenters. The van der Waals surface area contributed by atoms with E-state index in [1.54, 1.807) is 0 Å². The number of rotatable bonds is 2. The largest absolute Gasteiger partial charge is 0.397 e. The van der Waals surface area contributed by atoms with E-state index in [1.165, 1.54) is 11.3 Å². The van der Waals surface area contributed by atoms with Crippen molar-refractivity contribution in [3.63, 3.8) is 0 Å². The second-order valence-corrected chi connectivity index (χ2v) is 6.90. The van der Waals surface area contributed by atoms with Crippen molar-refractivity contribution >= 4 is 48.9 Å². The normalized spacial score (nSPS) is 22.3. The van der Waals surface area contributed by atoms with Gasteiger partial charge in [-0.25, -0.2) is 0 Å². The van der Waals surface area contributed by atoms with Crippen LogP contribution in [-0.2, 0) is 4.74 Å². The number of hydrogen-bond acceptors (Lipinski definition) is 4. The van der Waals surface area contributed by atoms with Gasteiger partial charge in [0.15, 0.2) is 0 Å². The Kier molecular flexibility index (Phi) is 3.70. The number of nitrogens with two attached hydrogens (primary N) is 1. The zero-order chi connectivity index (χ0) is 14.3. The Bertz CT molecular complexity index is 670. The van der Waals surface area contributed by atoms with Crippen LogP contribution in [0.3, 0.4) is 0 Å². The Morgan fingerprint density at radius 3 is 3.05 bits per heavy atom. The molecule has 3 N–H and O–H groups in total. The molecule has 0 saturated carbocycles. The van der Waals surface area contributed by atoms with Gasteiger partial charge in [-0.05, 0) is 25.5 Å². The Hall–Kier alpha value is -1.11. The second-order valence-electron chi connectivity index (χ2n) is 4.93. The molecule has 20 heavy (non-hydrogen) atoms. The highest BCUT2D eigenvalue weighted by Crippen LogP contribution is 2.35. The zero-order valence-electron chi connectivity index (χ0n) is 11.0.